The Hall–Kier alpha value is -0.390. The van der Waals surface area contributed by atoms with Gasteiger partial charge in [0.25, 0.3) is 0 Å². The second-order valence-corrected chi connectivity index (χ2v) is 14.0. The molecular formula is C20H26P2S2. The maximum atomic E-state index is 2.43. The van der Waals surface area contributed by atoms with Crippen molar-refractivity contribution in [2.75, 3.05) is 6.16 Å². The van der Waals surface area contributed by atoms with Gasteiger partial charge >= 0.3 is 0 Å². The van der Waals surface area contributed by atoms with Gasteiger partial charge in [-0.05, 0) is 118 Å². The van der Waals surface area contributed by atoms with Crippen molar-refractivity contribution < 1.29 is 0 Å². The van der Waals surface area contributed by atoms with Gasteiger partial charge in [-0.15, -0.1) is 30.2 Å². The van der Waals surface area contributed by atoms with E-state index in [0.717, 1.165) is 0 Å². The van der Waals surface area contributed by atoms with Crippen molar-refractivity contribution >= 4 is 47.4 Å². The molecule has 0 radical (unpaired) electrons. The van der Waals surface area contributed by atoms with Gasteiger partial charge in [0.2, 0.25) is 0 Å². The normalized spacial score (nSPS) is 11.6. The van der Waals surface area contributed by atoms with Crippen LogP contribution in [0.5, 0.6) is 0 Å². The van der Waals surface area contributed by atoms with E-state index in [1.165, 1.54) is 23.5 Å². The Bertz CT molecular complexity index is 785. The molecule has 0 N–H and O–H groups in total. The zero-order valence-electron chi connectivity index (χ0n) is 15.4. The van der Waals surface area contributed by atoms with E-state index in [1.807, 2.05) is 22.7 Å². The van der Waals surface area contributed by atoms with E-state index >= 15 is 0 Å². The quantitative estimate of drug-likeness (QED) is 0.420. The minimum absolute atomic E-state index is 0.0612. The molecule has 0 atom stereocenters. The van der Waals surface area contributed by atoms with Crippen molar-refractivity contribution in [1.82, 2.24) is 0 Å². The average Bonchev–Trinajstić information content (AvgIpc) is 3.21. The van der Waals surface area contributed by atoms with Gasteiger partial charge in [0.1, 0.15) is 0 Å². The second kappa shape index (κ2) is 7.46. The van der Waals surface area contributed by atoms with E-state index in [9.17, 15) is 0 Å². The number of hydrogen-bond acceptors (Lipinski definition) is 2. The van der Waals surface area contributed by atoms with Gasteiger partial charge in [-0.1, -0.05) is 0 Å². The molecule has 0 saturated heterocycles. The maximum Gasteiger partial charge on any atom is 0.0334 e. The molecule has 128 valence electrons. The fourth-order valence-electron chi connectivity index (χ4n) is 3.18. The van der Waals surface area contributed by atoms with Crippen molar-refractivity contribution in [2.24, 2.45) is 0 Å². The summed E-state index contributed by atoms with van der Waals surface area (Å²) in [4.78, 5) is 0. The molecular weight excluding hydrogens is 366 g/mol. The van der Waals surface area contributed by atoms with Gasteiger partial charge in [-0.3, -0.25) is 0 Å². The lowest BCUT2D eigenvalue weighted by molar-refractivity contribution is 1.32. The van der Waals surface area contributed by atoms with Crippen molar-refractivity contribution in [3.8, 4) is 0 Å². The topological polar surface area (TPSA) is 0 Å². The summed E-state index contributed by atoms with van der Waals surface area (Å²) in [6.07, 6.45) is 2.68. The Morgan fingerprint density at radius 2 is 1.25 bits per heavy atom. The predicted molar refractivity (Wildman–Crippen MR) is 117 cm³/mol. The molecule has 0 aliphatic heterocycles. The Kier molecular flexibility index (Phi) is 5.72. The fraction of sp³-hybridized carbons (Fsp3) is 0.400. The maximum absolute atomic E-state index is 2.43. The summed E-state index contributed by atoms with van der Waals surface area (Å²) in [5, 5.41) is 7.96. The van der Waals surface area contributed by atoms with Crippen LogP contribution in [0.3, 0.4) is 0 Å². The van der Waals surface area contributed by atoms with E-state index < -0.39 is 0 Å². The van der Waals surface area contributed by atoms with Crippen LogP contribution in [-0.4, -0.2) is 6.16 Å². The Balaban J connectivity index is 1.89. The molecule has 0 unspecified atom stereocenters. The zero-order chi connectivity index (χ0) is 17.4. The Morgan fingerprint density at radius 1 is 0.792 bits per heavy atom. The number of rotatable bonds is 5. The third-order valence-corrected chi connectivity index (χ3v) is 13.9. The van der Waals surface area contributed by atoms with Gasteiger partial charge in [0, 0.05) is 9.24 Å². The summed E-state index contributed by atoms with van der Waals surface area (Å²) in [5.41, 5.74) is 5.95. The van der Waals surface area contributed by atoms with Crippen LogP contribution in [0.1, 0.15) is 32.8 Å². The molecule has 3 heterocycles. The van der Waals surface area contributed by atoms with Gasteiger partial charge in [-0.25, -0.2) is 0 Å². The third kappa shape index (κ3) is 3.58. The largest absolute Gasteiger partial charge is 0.143 e. The van der Waals surface area contributed by atoms with E-state index in [-0.39, 0.29) is 15.5 Å². The standard InChI is InChI=1S/C20H26P2S2/c1-13-9-19(23-11-13)22(20-10-14(2)12-24-20)8-7-21-17(5)15(3)16(4)18(21)6/h9-12H,7-8H2,1-6H3. The molecule has 0 fully saturated rings. The molecule has 0 aromatic carbocycles. The smallest absolute Gasteiger partial charge is 0.0334 e. The molecule has 0 saturated carbocycles. The Labute approximate surface area is 156 Å². The van der Waals surface area contributed by atoms with Crippen LogP contribution >= 0.6 is 38.1 Å². The summed E-state index contributed by atoms with van der Waals surface area (Å²) in [6.45, 7) is 13.8. The lowest BCUT2D eigenvalue weighted by Gasteiger charge is -2.15. The molecule has 0 nitrogen and oxygen atoms in total. The van der Waals surface area contributed by atoms with Crippen LogP contribution in [0.2, 0.25) is 0 Å². The number of thiophene rings is 2. The summed E-state index contributed by atoms with van der Waals surface area (Å²) in [7, 11) is -0.245. The summed E-state index contributed by atoms with van der Waals surface area (Å²) < 4.78 is 3.21. The monoisotopic (exact) mass is 392 g/mol. The van der Waals surface area contributed by atoms with Gasteiger partial charge in [-0.2, -0.15) is 0 Å². The summed E-state index contributed by atoms with van der Waals surface area (Å²) >= 11 is 3.93. The average molecular weight is 393 g/mol. The van der Waals surface area contributed by atoms with Gasteiger partial charge in [0.05, 0.1) is 0 Å². The highest BCUT2D eigenvalue weighted by Crippen LogP contribution is 2.48. The van der Waals surface area contributed by atoms with E-state index in [4.69, 9.17) is 0 Å². The van der Waals surface area contributed by atoms with Crippen molar-refractivity contribution in [2.45, 2.75) is 47.7 Å². The van der Waals surface area contributed by atoms with Crippen LogP contribution in [0.15, 0.2) is 22.9 Å². The highest BCUT2D eigenvalue weighted by Gasteiger charge is 2.19. The summed E-state index contributed by atoms with van der Waals surface area (Å²) in [5.74, 6) is 0. The first-order valence-corrected chi connectivity index (χ1v) is 13.2. The molecule has 0 aliphatic rings. The van der Waals surface area contributed by atoms with Crippen LogP contribution in [0, 0.1) is 41.5 Å². The lowest BCUT2D eigenvalue weighted by Crippen LogP contribution is -2.09. The molecule has 0 bridgehead atoms. The van der Waals surface area contributed by atoms with Gasteiger partial charge in [0.15, 0.2) is 0 Å². The minimum atomic E-state index is -0.184. The molecule has 0 spiro atoms. The van der Waals surface area contributed by atoms with Crippen molar-refractivity contribution in [1.29, 1.82) is 0 Å². The SMILES string of the molecule is Cc1csc(P(CCp2c(C)c(C)c(C)c2C)c2cc(C)cs2)c1. The second-order valence-electron chi connectivity index (χ2n) is 6.65. The van der Waals surface area contributed by atoms with Crippen LogP contribution < -0.4 is 9.24 Å². The molecule has 4 heteroatoms. The zero-order valence-corrected chi connectivity index (χ0v) is 18.9. The van der Waals surface area contributed by atoms with E-state index in [2.05, 4.69) is 64.4 Å². The molecule has 3 aromatic rings. The van der Waals surface area contributed by atoms with E-state index in [0.29, 0.717) is 0 Å². The first-order valence-electron chi connectivity index (χ1n) is 8.39. The number of aryl methyl sites for hydroxylation is 2. The summed E-state index contributed by atoms with van der Waals surface area (Å²) in [6, 6.07) is 4.85. The van der Waals surface area contributed by atoms with Gasteiger partial charge < -0.3 is 0 Å². The highest BCUT2D eigenvalue weighted by atomic mass is 32.1. The molecule has 3 rings (SSSR count). The Morgan fingerprint density at radius 3 is 1.62 bits per heavy atom. The predicted octanol–water partition coefficient (Wildman–Crippen LogP) is 6.78. The lowest BCUT2D eigenvalue weighted by atomic mass is 10.2. The molecule has 0 amide bonds. The van der Waals surface area contributed by atoms with Crippen LogP contribution in [0.4, 0.5) is 0 Å². The fourth-order valence-corrected chi connectivity index (χ4v) is 12.4. The first-order chi connectivity index (χ1) is 11.4. The van der Waals surface area contributed by atoms with Crippen molar-refractivity contribution in [3.63, 3.8) is 0 Å². The van der Waals surface area contributed by atoms with Crippen LogP contribution in [0.25, 0.3) is 0 Å². The van der Waals surface area contributed by atoms with Crippen LogP contribution in [-0.2, 0) is 6.16 Å². The molecule has 3 aromatic heterocycles. The minimum Gasteiger partial charge on any atom is -0.143 e. The molecule has 24 heavy (non-hydrogen) atoms. The molecule has 0 aliphatic carbocycles. The third-order valence-electron chi connectivity index (χ3n) is 4.97. The van der Waals surface area contributed by atoms with E-state index in [1.54, 1.807) is 31.0 Å². The first kappa shape index (κ1) is 18.4. The number of hydrogen-bond donors (Lipinski definition) is 0. The van der Waals surface area contributed by atoms with Crippen molar-refractivity contribution in [3.05, 3.63) is 55.7 Å². The highest BCUT2D eigenvalue weighted by molar-refractivity contribution is 7.82.